The van der Waals surface area contributed by atoms with Crippen molar-refractivity contribution in [2.75, 3.05) is 0 Å². The maximum atomic E-state index is 4.50. The van der Waals surface area contributed by atoms with Crippen LogP contribution in [0.25, 0.3) is 0 Å². The third kappa shape index (κ3) is 2.70. The van der Waals surface area contributed by atoms with E-state index >= 15 is 0 Å². The van der Waals surface area contributed by atoms with Crippen LogP contribution in [0.2, 0.25) is 0 Å². The van der Waals surface area contributed by atoms with Gasteiger partial charge in [-0.2, -0.15) is 0 Å². The van der Waals surface area contributed by atoms with Crippen LogP contribution in [0.3, 0.4) is 0 Å². The first-order chi connectivity index (χ1) is 8.01. The van der Waals surface area contributed by atoms with E-state index in [0.29, 0.717) is 10.7 Å². The molecule has 1 saturated carbocycles. The molecule has 0 radical (unpaired) electrons. The predicted molar refractivity (Wildman–Crippen MR) is 74.3 cm³/mol. The lowest BCUT2D eigenvalue weighted by Gasteiger charge is -2.41. The van der Waals surface area contributed by atoms with Gasteiger partial charge in [0.25, 0.3) is 0 Å². The maximum Gasteiger partial charge on any atom is 0.0645 e. The van der Waals surface area contributed by atoms with Crippen LogP contribution in [0.1, 0.15) is 45.7 Å². The number of hydrogen-bond donors (Lipinski definition) is 0. The molecule has 2 rings (SSSR count). The van der Waals surface area contributed by atoms with E-state index in [9.17, 15) is 0 Å². The molecular weight excluding hydrogens is 276 g/mol. The van der Waals surface area contributed by atoms with Crippen molar-refractivity contribution >= 4 is 15.9 Å². The number of halogens is 1. The molecule has 3 atom stereocenters. The van der Waals surface area contributed by atoms with Crippen LogP contribution in [0.5, 0.6) is 0 Å². The molecule has 0 bridgehead atoms. The Bertz CT molecular complexity index is 364. The van der Waals surface area contributed by atoms with Gasteiger partial charge in [0.15, 0.2) is 0 Å². The van der Waals surface area contributed by atoms with Crippen molar-refractivity contribution in [3.05, 3.63) is 24.3 Å². The zero-order valence-corrected chi connectivity index (χ0v) is 12.4. The van der Waals surface area contributed by atoms with Crippen molar-refractivity contribution in [2.45, 2.75) is 50.3 Å². The summed E-state index contributed by atoms with van der Waals surface area (Å²) in [4.78, 5) is 9.30. The molecule has 0 aromatic carbocycles. The van der Waals surface area contributed by atoms with Crippen LogP contribution in [0.4, 0.5) is 0 Å². The van der Waals surface area contributed by atoms with Crippen LogP contribution in [0, 0.1) is 11.8 Å². The van der Waals surface area contributed by atoms with E-state index in [0.717, 1.165) is 11.6 Å². The molecule has 17 heavy (non-hydrogen) atoms. The van der Waals surface area contributed by atoms with Crippen LogP contribution >= 0.6 is 15.9 Å². The highest BCUT2D eigenvalue weighted by Gasteiger charge is 2.39. The highest BCUT2D eigenvalue weighted by atomic mass is 79.9. The Morgan fingerprint density at radius 3 is 2.65 bits per heavy atom. The molecule has 3 heteroatoms. The molecule has 1 fully saturated rings. The smallest absolute Gasteiger partial charge is 0.0645 e. The highest BCUT2D eigenvalue weighted by Crippen LogP contribution is 2.44. The molecule has 1 heterocycles. The van der Waals surface area contributed by atoms with Gasteiger partial charge in [0.05, 0.1) is 5.69 Å². The van der Waals surface area contributed by atoms with E-state index in [1.54, 1.807) is 12.4 Å². The Morgan fingerprint density at radius 2 is 2.06 bits per heavy atom. The number of nitrogens with zero attached hydrogens (tertiary/aromatic N) is 2. The third-order valence-corrected chi connectivity index (χ3v) is 5.20. The largest absolute Gasteiger partial charge is 0.261 e. The Hall–Kier alpha value is -0.440. The van der Waals surface area contributed by atoms with Gasteiger partial charge < -0.3 is 0 Å². The summed E-state index contributed by atoms with van der Waals surface area (Å²) in [6, 6.07) is 0. The number of rotatable bonds is 2. The lowest BCUT2D eigenvalue weighted by Crippen LogP contribution is -2.39. The zero-order valence-electron chi connectivity index (χ0n) is 10.9. The van der Waals surface area contributed by atoms with Gasteiger partial charge in [0, 0.05) is 28.8 Å². The molecule has 1 aromatic rings. The van der Waals surface area contributed by atoms with Gasteiger partial charge in [-0.05, 0) is 24.7 Å². The van der Waals surface area contributed by atoms with Crippen molar-refractivity contribution in [3.63, 3.8) is 0 Å². The molecule has 94 valence electrons. The minimum atomic E-state index is 0.0998. The molecule has 0 spiro atoms. The predicted octanol–water partition coefficient (Wildman–Crippen LogP) is 3.95. The van der Waals surface area contributed by atoms with Crippen LogP contribution in [-0.2, 0) is 5.41 Å². The Morgan fingerprint density at radius 1 is 1.29 bits per heavy atom. The van der Waals surface area contributed by atoms with E-state index in [4.69, 9.17) is 0 Å². The summed E-state index contributed by atoms with van der Waals surface area (Å²) in [5.41, 5.74) is 1.21. The normalized spacial score (nSPS) is 30.2. The number of aromatic nitrogens is 2. The molecule has 1 aliphatic rings. The van der Waals surface area contributed by atoms with Gasteiger partial charge in [-0.3, -0.25) is 9.97 Å². The minimum Gasteiger partial charge on any atom is -0.261 e. The van der Waals surface area contributed by atoms with Crippen LogP contribution < -0.4 is 0 Å². The Kier molecular flexibility index (Phi) is 3.86. The van der Waals surface area contributed by atoms with E-state index in [-0.39, 0.29) is 5.41 Å². The fourth-order valence-electron chi connectivity index (χ4n) is 2.95. The highest BCUT2D eigenvalue weighted by molar-refractivity contribution is 9.09. The van der Waals surface area contributed by atoms with Crippen molar-refractivity contribution in [1.82, 2.24) is 9.97 Å². The summed E-state index contributed by atoms with van der Waals surface area (Å²) in [6.07, 6.45) is 9.34. The number of hydrogen-bond acceptors (Lipinski definition) is 2. The van der Waals surface area contributed by atoms with Gasteiger partial charge >= 0.3 is 0 Å². The van der Waals surface area contributed by atoms with E-state index in [1.807, 2.05) is 6.20 Å². The second kappa shape index (κ2) is 5.05. The molecule has 1 aliphatic carbocycles. The van der Waals surface area contributed by atoms with Gasteiger partial charge in [-0.25, -0.2) is 0 Å². The van der Waals surface area contributed by atoms with Gasteiger partial charge in [0.2, 0.25) is 0 Å². The first kappa shape index (κ1) is 13.0. The van der Waals surface area contributed by atoms with E-state index in [2.05, 4.69) is 46.7 Å². The molecule has 0 amide bonds. The molecule has 1 aromatic heterocycles. The lowest BCUT2D eigenvalue weighted by atomic mass is 9.67. The Balaban J connectivity index is 2.21. The summed E-state index contributed by atoms with van der Waals surface area (Å²) in [6.45, 7) is 6.94. The summed E-state index contributed by atoms with van der Waals surface area (Å²) in [7, 11) is 0. The molecular formula is C14H21BrN2. The zero-order chi connectivity index (χ0) is 12.5. The summed E-state index contributed by atoms with van der Waals surface area (Å²) in [5, 5.41) is 0. The first-order valence-electron chi connectivity index (χ1n) is 6.42. The number of alkyl halides is 1. The molecule has 0 N–H and O–H groups in total. The second-order valence-electron chi connectivity index (χ2n) is 5.85. The van der Waals surface area contributed by atoms with Gasteiger partial charge in [0.1, 0.15) is 0 Å². The molecule has 0 saturated heterocycles. The fourth-order valence-corrected chi connectivity index (χ4v) is 4.51. The van der Waals surface area contributed by atoms with Crippen molar-refractivity contribution in [1.29, 1.82) is 0 Å². The molecule has 3 unspecified atom stereocenters. The van der Waals surface area contributed by atoms with Crippen molar-refractivity contribution < 1.29 is 0 Å². The first-order valence-corrected chi connectivity index (χ1v) is 7.34. The topological polar surface area (TPSA) is 25.8 Å². The monoisotopic (exact) mass is 296 g/mol. The Labute approximate surface area is 112 Å². The summed E-state index contributed by atoms with van der Waals surface area (Å²) < 4.78 is 0. The fraction of sp³-hybridized carbons (Fsp3) is 0.714. The molecule has 0 aliphatic heterocycles. The quantitative estimate of drug-likeness (QED) is 0.772. The van der Waals surface area contributed by atoms with Crippen LogP contribution in [-0.4, -0.2) is 14.8 Å². The van der Waals surface area contributed by atoms with Gasteiger partial charge in [-0.15, -0.1) is 0 Å². The average Bonchev–Trinajstić information content (AvgIpc) is 2.29. The van der Waals surface area contributed by atoms with Crippen molar-refractivity contribution in [2.24, 2.45) is 11.8 Å². The second-order valence-corrected chi connectivity index (χ2v) is 7.03. The molecule has 2 nitrogen and oxygen atoms in total. The summed E-state index contributed by atoms with van der Waals surface area (Å²) in [5.74, 6) is 1.49. The van der Waals surface area contributed by atoms with E-state index < -0.39 is 0 Å². The standard InChI is InChI=1S/C14H21BrN2/c1-10-4-5-11(12(15)8-10)14(2,3)13-9-16-6-7-17-13/h6-7,9-12H,4-5,8H2,1-3H3. The maximum absolute atomic E-state index is 4.50. The van der Waals surface area contributed by atoms with E-state index in [1.165, 1.54) is 19.3 Å². The minimum absolute atomic E-state index is 0.0998. The lowest BCUT2D eigenvalue weighted by molar-refractivity contribution is 0.210. The SMILES string of the molecule is CC1CCC(C(C)(C)c2cnccn2)C(Br)C1. The summed E-state index contributed by atoms with van der Waals surface area (Å²) >= 11 is 3.88. The van der Waals surface area contributed by atoms with Crippen molar-refractivity contribution in [3.8, 4) is 0 Å². The van der Waals surface area contributed by atoms with Crippen LogP contribution in [0.15, 0.2) is 18.6 Å². The third-order valence-electron chi connectivity index (χ3n) is 4.18. The van der Waals surface area contributed by atoms with Gasteiger partial charge in [-0.1, -0.05) is 43.1 Å². The average molecular weight is 297 g/mol.